The van der Waals surface area contributed by atoms with Crippen molar-refractivity contribution in [2.24, 2.45) is 5.73 Å². The van der Waals surface area contributed by atoms with E-state index in [1.165, 1.54) is 0 Å². The van der Waals surface area contributed by atoms with Crippen LogP contribution in [0.3, 0.4) is 0 Å². The van der Waals surface area contributed by atoms with Crippen molar-refractivity contribution < 1.29 is 9.53 Å². The monoisotopic (exact) mass is 286 g/mol. The van der Waals surface area contributed by atoms with Crippen molar-refractivity contribution in [2.45, 2.75) is 13.0 Å². The summed E-state index contributed by atoms with van der Waals surface area (Å²) in [6, 6.07) is 7.52. The Morgan fingerprint density at radius 3 is 2.81 bits per heavy atom. The van der Waals surface area contributed by atoms with E-state index in [9.17, 15) is 4.79 Å². The zero-order valence-electron chi connectivity index (χ0n) is 11.7. The van der Waals surface area contributed by atoms with Crippen LogP contribution in [0.25, 0.3) is 6.20 Å². The second-order valence-corrected chi connectivity index (χ2v) is 4.45. The minimum atomic E-state index is -0.367. The fourth-order valence-corrected chi connectivity index (χ4v) is 1.71. The van der Waals surface area contributed by atoms with E-state index in [2.05, 4.69) is 17.0 Å². The van der Waals surface area contributed by atoms with Crippen LogP contribution in [0.1, 0.15) is 12.0 Å². The Labute approximate surface area is 123 Å². The highest BCUT2D eigenvalue weighted by molar-refractivity contribution is 5.73. The Morgan fingerprint density at radius 1 is 1.43 bits per heavy atom. The second kappa shape index (κ2) is 7.14. The Hall–Kier alpha value is -2.76. The second-order valence-electron chi connectivity index (χ2n) is 4.45. The van der Waals surface area contributed by atoms with E-state index in [4.69, 9.17) is 10.5 Å². The van der Waals surface area contributed by atoms with Crippen molar-refractivity contribution >= 4 is 17.8 Å². The fraction of sp³-hybridized carbons (Fsp3) is 0.200. The molecule has 3 N–H and O–H groups in total. The van der Waals surface area contributed by atoms with Gasteiger partial charge < -0.3 is 15.8 Å². The molecule has 1 heterocycles. The number of hydrogen-bond donors (Lipinski definition) is 2. The molecule has 0 spiro atoms. The molecule has 110 valence electrons. The molecule has 0 fully saturated rings. The molecule has 1 amide bonds. The molecule has 6 heteroatoms. The Balaban J connectivity index is 1.81. The van der Waals surface area contributed by atoms with Crippen molar-refractivity contribution in [2.75, 3.05) is 11.9 Å². The summed E-state index contributed by atoms with van der Waals surface area (Å²) in [5.41, 5.74) is 7.09. The lowest BCUT2D eigenvalue weighted by molar-refractivity contribution is -0.118. The van der Waals surface area contributed by atoms with Gasteiger partial charge in [-0.05, 0) is 24.3 Å². The Morgan fingerprint density at radius 2 is 2.19 bits per heavy atom. The van der Waals surface area contributed by atoms with Gasteiger partial charge in [0.1, 0.15) is 5.75 Å². The van der Waals surface area contributed by atoms with E-state index in [1.54, 1.807) is 17.1 Å². The molecular formula is C15H18N4O2. The first-order chi connectivity index (χ1) is 10.2. The summed E-state index contributed by atoms with van der Waals surface area (Å²) in [5, 5.41) is 7.39. The Bertz CT molecular complexity index is 604. The molecule has 2 aromatic rings. The molecule has 0 saturated carbocycles. The van der Waals surface area contributed by atoms with Crippen LogP contribution in [0.5, 0.6) is 5.75 Å². The van der Waals surface area contributed by atoms with E-state index >= 15 is 0 Å². The van der Waals surface area contributed by atoms with Gasteiger partial charge in [0.2, 0.25) is 5.91 Å². The van der Waals surface area contributed by atoms with Gasteiger partial charge in [0.05, 0.1) is 19.2 Å². The summed E-state index contributed by atoms with van der Waals surface area (Å²) < 4.78 is 7.06. The molecule has 2 rings (SSSR count). The number of carbonyl (C=O) groups is 1. The van der Waals surface area contributed by atoms with Crippen molar-refractivity contribution in [3.63, 3.8) is 0 Å². The van der Waals surface area contributed by atoms with Gasteiger partial charge in [-0.1, -0.05) is 6.58 Å². The SMILES string of the molecule is C=Cn1cc(CNc2ccc(OCCC(N)=O)cc2)cn1. The molecule has 0 atom stereocenters. The van der Waals surface area contributed by atoms with E-state index in [1.807, 2.05) is 30.5 Å². The standard InChI is InChI=1S/C15H18N4O2/c1-2-19-11-12(10-18-19)9-17-13-3-5-14(6-4-13)21-8-7-15(16)20/h2-6,10-11,17H,1,7-9H2,(H2,16,20). The predicted molar refractivity (Wildman–Crippen MR) is 81.7 cm³/mol. The van der Waals surface area contributed by atoms with Crippen LogP contribution in [-0.4, -0.2) is 22.3 Å². The van der Waals surface area contributed by atoms with Crippen LogP contribution >= 0.6 is 0 Å². The van der Waals surface area contributed by atoms with Gasteiger partial charge >= 0.3 is 0 Å². The summed E-state index contributed by atoms with van der Waals surface area (Å²) in [6.45, 7) is 4.62. The smallest absolute Gasteiger partial charge is 0.220 e. The molecule has 0 saturated heterocycles. The fourth-order valence-electron chi connectivity index (χ4n) is 1.71. The van der Waals surface area contributed by atoms with Crippen molar-refractivity contribution in [3.8, 4) is 5.75 Å². The summed E-state index contributed by atoms with van der Waals surface area (Å²) in [5.74, 6) is 0.342. The zero-order valence-corrected chi connectivity index (χ0v) is 11.7. The number of anilines is 1. The number of benzene rings is 1. The highest BCUT2D eigenvalue weighted by Crippen LogP contribution is 2.16. The average Bonchev–Trinajstić information content (AvgIpc) is 2.94. The maximum Gasteiger partial charge on any atom is 0.220 e. The quantitative estimate of drug-likeness (QED) is 0.776. The van der Waals surface area contributed by atoms with Crippen molar-refractivity contribution in [1.82, 2.24) is 9.78 Å². The van der Waals surface area contributed by atoms with Crippen LogP contribution < -0.4 is 15.8 Å². The van der Waals surface area contributed by atoms with Gasteiger partial charge in [0, 0.05) is 30.2 Å². The van der Waals surface area contributed by atoms with Crippen LogP contribution in [0.2, 0.25) is 0 Å². The maximum absolute atomic E-state index is 10.6. The average molecular weight is 286 g/mol. The first kappa shape index (κ1) is 14.6. The molecule has 1 aromatic heterocycles. The molecule has 0 aliphatic heterocycles. The lowest BCUT2D eigenvalue weighted by Crippen LogP contribution is -2.14. The van der Waals surface area contributed by atoms with Gasteiger partial charge in [-0.15, -0.1) is 0 Å². The molecule has 21 heavy (non-hydrogen) atoms. The van der Waals surface area contributed by atoms with Gasteiger partial charge in [0.25, 0.3) is 0 Å². The Kier molecular flexibility index (Phi) is 4.98. The number of nitrogens with two attached hydrogens (primary N) is 1. The molecule has 0 bridgehead atoms. The number of nitrogens with one attached hydrogen (secondary N) is 1. The molecule has 0 radical (unpaired) electrons. The highest BCUT2D eigenvalue weighted by atomic mass is 16.5. The van der Waals surface area contributed by atoms with Gasteiger partial charge in [0.15, 0.2) is 0 Å². The minimum Gasteiger partial charge on any atom is -0.493 e. The summed E-state index contributed by atoms with van der Waals surface area (Å²) in [7, 11) is 0. The zero-order chi connectivity index (χ0) is 15.1. The highest BCUT2D eigenvalue weighted by Gasteiger charge is 1.99. The van der Waals surface area contributed by atoms with Crippen molar-refractivity contribution in [3.05, 3.63) is 48.8 Å². The maximum atomic E-state index is 10.6. The van der Waals surface area contributed by atoms with Gasteiger partial charge in [-0.25, -0.2) is 4.68 Å². The van der Waals surface area contributed by atoms with E-state index in [0.29, 0.717) is 18.9 Å². The number of ether oxygens (including phenoxy) is 1. The van der Waals surface area contributed by atoms with Crippen LogP contribution in [0, 0.1) is 0 Å². The van der Waals surface area contributed by atoms with Crippen LogP contribution in [-0.2, 0) is 11.3 Å². The molecule has 0 aliphatic carbocycles. The van der Waals surface area contributed by atoms with E-state index in [0.717, 1.165) is 11.3 Å². The first-order valence-corrected chi connectivity index (χ1v) is 6.58. The number of rotatable bonds is 8. The van der Waals surface area contributed by atoms with E-state index < -0.39 is 0 Å². The minimum absolute atomic E-state index is 0.216. The molecule has 1 aromatic carbocycles. The number of hydrogen-bond acceptors (Lipinski definition) is 4. The number of primary amides is 1. The number of carbonyl (C=O) groups excluding carboxylic acids is 1. The van der Waals surface area contributed by atoms with E-state index in [-0.39, 0.29) is 12.3 Å². The van der Waals surface area contributed by atoms with Crippen LogP contribution in [0.4, 0.5) is 5.69 Å². The van der Waals surface area contributed by atoms with Crippen molar-refractivity contribution in [1.29, 1.82) is 0 Å². The molecular weight excluding hydrogens is 268 g/mol. The summed E-state index contributed by atoms with van der Waals surface area (Å²) >= 11 is 0. The normalized spacial score (nSPS) is 10.1. The van der Waals surface area contributed by atoms with Crippen LogP contribution in [0.15, 0.2) is 43.2 Å². The topological polar surface area (TPSA) is 82.2 Å². The lowest BCUT2D eigenvalue weighted by atomic mass is 10.3. The largest absolute Gasteiger partial charge is 0.493 e. The molecule has 6 nitrogen and oxygen atoms in total. The van der Waals surface area contributed by atoms with Gasteiger partial charge in [-0.2, -0.15) is 5.10 Å². The first-order valence-electron chi connectivity index (χ1n) is 6.58. The van der Waals surface area contributed by atoms with Gasteiger partial charge in [-0.3, -0.25) is 4.79 Å². The molecule has 0 unspecified atom stereocenters. The summed E-state index contributed by atoms with van der Waals surface area (Å²) in [6.07, 6.45) is 5.55. The number of amides is 1. The summed E-state index contributed by atoms with van der Waals surface area (Å²) in [4.78, 5) is 10.6. The predicted octanol–water partition coefficient (Wildman–Crippen LogP) is 1.85. The number of nitrogens with zero attached hydrogens (tertiary/aromatic N) is 2. The third kappa shape index (κ3) is 4.68. The number of aromatic nitrogens is 2. The third-order valence-electron chi connectivity index (χ3n) is 2.81. The molecule has 0 aliphatic rings. The lowest BCUT2D eigenvalue weighted by Gasteiger charge is -2.07. The third-order valence-corrected chi connectivity index (χ3v) is 2.81.